The molecule has 0 bridgehead atoms. The Kier molecular flexibility index (Phi) is 2.55. The molecule has 3 aliphatic rings. The summed E-state index contributed by atoms with van der Waals surface area (Å²) >= 11 is 0. The zero-order valence-electron chi connectivity index (χ0n) is 11.0. The van der Waals surface area contributed by atoms with Gasteiger partial charge in [-0.15, -0.1) is 0 Å². The van der Waals surface area contributed by atoms with Gasteiger partial charge < -0.3 is 14.8 Å². The van der Waals surface area contributed by atoms with Gasteiger partial charge in [-0.2, -0.15) is 0 Å². The Bertz CT molecular complexity index is 517. The lowest BCUT2D eigenvalue weighted by Gasteiger charge is -2.39. The molecule has 1 saturated heterocycles. The standard InChI is InChI=1S/C16H19NO2/c1-2-7-16(8-3-9-17-16)13(4-1)12-5-6-14-15(10-12)19-11-18-14/h1-2,5-6,10,13,17H,3-4,7-9,11H2/t13-,16+/m0/s1. The molecule has 1 fully saturated rings. The molecule has 1 spiro atoms. The molecule has 1 N–H and O–H groups in total. The molecule has 0 amide bonds. The van der Waals surface area contributed by atoms with Gasteiger partial charge >= 0.3 is 0 Å². The minimum Gasteiger partial charge on any atom is -0.454 e. The van der Waals surface area contributed by atoms with Crippen molar-refractivity contribution in [3.05, 3.63) is 35.9 Å². The Labute approximate surface area is 113 Å². The van der Waals surface area contributed by atoms with E-state index in [1.807, 2.05) is 0 Å². The summed E-state index contributed by atoms with van der Waals surface area (Å²) in [5.41, 5.74) is 1.64. The SMILES string of the molecule is C1=CC[C@@]2(CCCN2)[C@H](c2ccc3c(c2)OCO3)C1. The third-order valence-corrected chi connectivity index (χ3v) is 4.76. The average molecular weight is 257 g/mol. The summed E-state index contributed by atoms with van der Waals surface area (Å²) in [5.74, 6) is 2.33. The van der Waals surface area contributed by atoms with Crippen molar-refractivity contribution in [1.82, 2.24) is 5.32 Å². The van der Waals surface area contributed by atoms with Crippen LogP contribution in [-0.4, -0.2) is 18.9 Å². The fourth-order valence-electron chi connectivity index (χ4n) is 3.78. The third kappa shape index (κ3) is 1.76. The quantitative estimate of drug-likeness (QED) is 0.785. The lowest BCUT2D eigenvalue weighted by atomic mass is 9.71. The third-order valence-electron chi connectivity index (χ3n) is 4.76. The van der Waals surface area contributed by atoms with Crippen molar-refractivity contribution in [2.75, 3.05) is 13.3 Å². The van der Waals surface area contributed by atoms with Crippen LogP contribution in [-0.2, 0) is 0 Å². The summed E-state index contributed by atoms with van der Waals surface area (Å²) in [4.78, 5) is 0. The molecule has 0 unspecified atom stereocenters. The van der Waals surface area contributed by atoms with E-state index < -0.39 is 0 Å². The molecule has 2 heterocycles. The first-order valence-electron chi connectivity index (χ1n) is 7.17. The summed E-state index contributed by atoms with van der Waals surface area (Å²) in [5, 5.41) is 3.76. The van der Waals surface area contributed by atoms with Gasteiger partial charge in [0.2, 0.25) is 6.79 Å². The van der Waals surface area contributed by atoms with Crippen LogP contribution in [0.15, 0.2) is 30.4 Å². The zero-order chi connectivity index (χ0) is 12.7. The van der Waals surface area contributed by atoms with Gasteiger partial charge in [0, 0.05) is 11.5 Å². The number of nitrogens with one attached hydrogen (secondary N) is 1. The maximum absolute atomic E-state index is 5.52. The molecule has 1 aromatic carbocycles. The van der Waals surface area contributed by atoms with E-state index in [2.05, 4.69) is 35.7 Å². The smallest absolute Gasteiger partial charge is 0.231 e. The second-order valence-electron chi connectivity index (χ2n) is 5.76. The molecule has 19 heavy (non-hydrogen) atoms. The number of allylic oxidation sites excluding steroid dienone is 1. The lowest BCUT2D eigenvalue weighted by molar-refractivity contribution is 0.174. The molecule has 0 saturated carbocycles. The van der Waals surface area contributed by atoms with Crippen LogP contribution < -0.4 is 14.8 Å². The van der Waals surface area contributed by atoms with Gasteiger partial charge in [-0.1, -0.05) is 18.2 Å². The van der Waals surface area contributed by atoms with E-state index >= 15 is 0 Å². The molecule has 100 valence electrons. The first kappa shape index (κ1) is 11.4. The maximum Gasteiger partial charge on any atom is 0.231 e. The highest BCUT2D eigenvalue weighted by Crippen LogP contribution is 2.45. The fraction of sp³-hybridized carbons (Fsp3) is 0.500. The Morgan fingerprint density at radius 3 is 3.00 bits per heavy atom. The number of benzene rings is 1. The molecule has 3 heteroatoms. The first-order valence-corrected chi connectivity index (χ1v) is 7.17. The molecule has 2 atom stereocenters. The molecule has 0 radical (unpaired) electrons. The van der Waals surface area contributed by atoms with E-state index in [-0.39, 0.29) is 5.54 Å². The molecular weight excluding hydrogens is 238 g/mol. The van der Waals surface area contributed by atoms with E-state index in [0.29, 0.717) is 12.7 Å². The van der Waals surface area contributed by atoms with Crippen LogP contribution in [0.5, 0.6) is 11.5 Å². The predicted molar refractivity (Wildman–Crippen MR) is 73.6 cm³/mol. The summed E-state index contributed by atoms with van der Waals surface area (Å²) in [6, 6.07) is 6.44. The second-order valence-corrected chi connectivity index (χ2v) is 5.76. The van der Waals surface area contributed by atoms with Gasteiger partial charge in [-0.05, 0) is 49.9 Å². The van der Waals surface area contributed by atoms with Crippen molar-refractivity contribution in [2.24, 2.45) is 0 Å². The second kappa shape index (κ2) is 4.27. The van der Waals surface area contributed by atoms with E-state index in [4.69, 9.17) is 9.47 Å². The highest BCUT2D eigenvalue weighted by Gasteiger charge is 2.42. The maximum atomic E-state index is 5.52. The van der Waals surface area contributed by atoms with Gasteiger partial charge in [-0.3, -0.25) is 0 Å². The van der Waals surface area contributed by atoms with Crippen molar-refractivity contribution >= 4 is 0 Å². The summed E-state index contributed by atoms with van der Waals surface area (Å²) in [6.45, 7) is 1.50. The first-order chi connectivity index (χ1) is 9.37. The van der Waals surface area contributed by atoms with E-state index in [1.54, 1.807) is 0 Å². The van der Waals surface area contributed by atoms with Gasteiger partial charge in [-0.25, -0.2) is 0 Å². The Morgan fingerprint density at radius 2 is 2.11 bits per heavy atom. The van der Waals surface area contributed by atoms with Crippen LogP contribution in [0.2, 0.25) is 0 Å². The van der Waals surface area contributed by atoms with Gasteiger partial charge in [0.1, 0.15) is 0 Å². The van der Waals surface area contributed by atoms with Gasteiger partial charge in [0.05, 0.1) is 0 Å². The van der Waals surface area contributed by atoms with Crippen LogP contribution in [0, 0.1) is 0 Å². The minimum atomic E-state index is 0.266. The fourth-order valence-corrected chi connectivity index (χ4v) is 3.78. The van der Waals surface area contributed by atoms with Crippen LogP contribution in [0.4, 0.5) is 0 Å². The Balaban J connectivity index is 1.72. The normalized spacial score (nSPS) is 32.1. The topological polar surface area (TPSA) is 30.5 Å². The van der Waals surface area contributed by atoms with Crippen LogP contribution in [0.25, 0.3) is 0 Å². The van der Waals surface area contributed by atoms with Crippen molar-refractivity contribution in [1.29, 1.82) is 0 Å². The molecule has 4 rings (SSSR count). The molecule has 0 aromatic heterocycles. The highest BCUT2D eigenvalue weighted by atomic mass is 16.7. The van der Waals surface area contributed by atoms with Crippen LogP contribution in [0.1, 0.15) is 37.2 Å². The molecule has 1 aliphatic carbocycles. The van der Waals surface area contributed by atoms with Crippen molar-refractivity contribution in [2.45, 2.75) is 37.1 Å². The number of hydrogen-bond donors (Lipinski definition) is 1. The van der Waals surface area contributed by atoms with E-state index in [9.17, 15) is 0 Å². The minimum absolute atomic E-state index is 0.266. The Morgan fingerprint density at radius 1 is 1.16 bits per heavy atom. The van der Waals surface area contributed by atoms with Gasteiger partial charge in [0.25, 0.3) is 0 Å². The Hall–Kier alpha value is -1.48. The largest absolute Gasteiger partial charge is 0.454 e. The van der Waals surface area contributed by atoms with Crippen molar-refractivity contribution in [3.63, 3.8) is 0 Å². The number of hydrogen-bond acceptors (Lipinski definition) is 3. The summed E-state index contributed by atoms with van der Waals surface area (Å²) < 4.78 is 10.9. The average Bonchev–Trinajstić information content (AvgIpc) is 3.08. The summed E-state index contributed by atoms with van der Waals surface area (Å²) in [7, 11) is 0. The molecular formula is C16H19NO2. The number of ether oxygens (including phenoxy) is 2. The van der Waals surface area contributed by atoms with Crippen molar-refractivity contribution < 1.29 is 9.47 Å². The number of fused-ring (bicyclic) bond motifs is 1. The van der Waals surface area contributed by atoms with Crippen molar-refractivity contribution in [3.8, 4) is 11.5 Å². The number of rotatable bonds is 1. The van der Waals surface area contributed by atoms with Crippen LogP contribution in [0.3, 0.4) is 0 Å². The lowest BCUT2D eigenvalue weighted by Crippen LogP contribution is -2.46. The monoisotopic (exact) mass is 257 g/mol. The molecule has 1 aromatic rings. The summed E-state index contributed by atoms with van der Waals surface area (Å²) in [6.07, 6.45) is 9.48. The zero-order valence-corrected chi connectivity index (χ0v) is 11.0. The molecule has 2 aliphatic heterocycles. The van der Waals surface area contributed by atoms with Gasteiger partial charge in [0.15, 0.2) is 11.5 Å². The van der Waals surface area contributed by atoms with Crippen LogP contribution >= 0.6 is 0 Å². The van der Waals surface area contributed by atoms with E-state index in [1.165, 1.54) is 18.4 Å². The highest BCUT2D eigenvalue weighted by molar-refractivity contribution is 5.46. The molecule has 3 nitrogen and oxygen atoms in total. The van der Waals surface area contributed by atoms with E-state index in [0.717, 1.165) is 30.9 Å². The predicted octanol–water partition coefficient (Wildman–Crippen LogP) is 2.97.